The molecule has 2 N–H and O–H groups in total. The summed E-state index contributed by atoms with van der Waals surface area (Å²) in [6.07, 6.45) is 7.53. The van der Waals surface area contributed by atoms with Crippen LogP contribution in [0.5, 0.6) is 5.75 Å². The molecule has 0 amide bonds. The van der Waals surface area contributed by atoms with Gasteiger partial charge in [0, 0.05) is 13.6 Å². The summed E-state index contributed by atoms with van der Waals surface area (Å²) in [7, 11) is 1.86. The number of rotatable bonds is 5. The summed E-state index contributed by atoms with van der Waals surface area (Å²) in [6, 6.07) is 0. The Labute approximate surface area is 115 Å². The molecule has 3 heterocycles. The number of nitrogens with zero attached hydrogens (tertiary/aromatic N) is 6. The maximum atomic E-state index is 5.74. The van der Waals surface area contributed by atoms with Crippen molar-refractivity contribution in [1.29, 1.82) is 0 Å². The number of imidazole rings is 1. The largest absolute Gasteiger partial charge is 0.490 e. The number of anilines is 1. The molecule has 3 aromatic rings. The molecule has 0 fully saturated rings. The molecule has 0 saturated carbocycles. The zero-order valence-electron chi connectivity index (χ0n) is 11.1. The summed E-state index contributed by atoms with van der Waals surface area (Å²) < 4.78 is 9.24. The highest BCUT2D eigenvalue weighted by Gasteiger charge is 2.07. The van der Waals surface area contributed by atoms with Gasteiger partial charge in [0.2, 0.25) is 0 Å². The predicted octanol–water partition coefficient (Wildman–Crippen LogP) is 0.611. The number of ether oxygens (including phenoxy) is 1. The van der Waals surface area contributed by atoms with Crippen molar-refractivity contribution in [1.82, 2.24) is 29.3 Å². The molecule has 8 nitrogen and oxygen atoms in total. The van der Waals surface area contributed by atoms with Crippen molar-refractivity contribution in [2.75, 3.05) is 12.3 Å². The number of nitrogens with two attached hydrogens (primary N) is 1. The van der Waals surface area contributed by atoms with Crippen molar-refractivity contribution in [3.63, 3.8) is 0 Å². The number of hydrogen-bond acceptors (Lipinski definition) is 6. The summed E-state index contributed by atoms with van der Waals surface area (Å²) in [5, 5.41) is 4.04. The van der Waals surface area contributed by atoms with E-state index in [9.17, 15) is 0 Å². The van der Waals surface area contributed by atoms with E-state index < -0.39 is 0 Å². The fraction of sp³-hybridized carbons (Fsp3) is 0.333. The fourth-order valence-corrected chi connectivity index (χ4v) is 1.96. The summed E-state index contributed by atoms with van der Waals surface area (Å²) in [6.45, 7) is 1.36. The highest BCUT2D eigenvalue weighted by molar-refractivity contribution is 5.80. The lowest BCUT2D eigenvalue weighted by Crippen LogP contribution is -2.04. The van der Waals surface area contributed by atoms with E-state index in [0.29, 0.717) is 17.9 Å². The highest BCUT2D eigenvalue weighted by atomic mass is 16.5. The first-order valence-corrected chi connectivity index (χ1v) is 6.27. The average Bonchev–Trinajstić information content (AvgIpc) is 3.02. The number of fused-ring (bicyclic) bond motifs is 1. The summed E-state index contributed by atoms with van der Waals surface area (Å²) in [4.78, 5) is 12.3. The van der Waals surface area contributed by atoms with Crippen molar-refractivity contribution in [3.8, 4) is 5.75 Å². The van der Waals surface area contributed by atoms with Gasteiger partial charge in [0.1, 0.15) is 11.8 Å². The molecule has 3 rings (SSSR count). The van der Waals surface area contributed by atoms with Crippen LogP contribution in [0.4, 0.5) is 5.82 Å². The Hall–Kier alpha value is -2.64. The second kappa shape index (κ2) is 5.16. The minimum Gasteiger partial charge on any atom is -0.490 e. The van der Waals surface area contributed by atoms with E-state index in [-0.39, 0.29) is 0 Å². The highest BCUT2D eigenvalue weighted by Crippen LogP contribution is 2.14. The topological polar surface area (TPSA) is 96.7 Å². The van der Waals surface area contributed by atoms with E-state index in [1.165, 1.54) is 6.33 Å². The van der Waals surface area contributed by atoms with Crippen LogP contribution in [0.25, 0.3) is 11.2 Å². The minimum absolute atomic E-state index is 0.403. The van der Waals surface area contributed by atoms with Crippen LogP contribution in [0.15, 0.2) is 25.0 Å². The van der Waals surface area contributed by atoms with Crippen LogP contribution < -0.4 is 10.5 Å². The first kappa shape index (κ1) is 12.4. The maximum Gasteiger partial charge on any atom is 0.165 e. The quantitative estimate of drug-likeness (QED) is 0.684. The van der Waals surface area contributed by atoms with Crippen LogP contribution >= 0.6 is 0 Å². The van der Waals surface area contributed by atoms with Crippen molar-refractivity contribution >= 4 is 17.0 Å². The lowest BCUT2D eigenvalue weighted by atomic mass is 10.4. The van der Waals surface area contributed by atoms with Crippen LogP contribution in [-0.2, 0) is 13.6 Å². The van der Waals surface area contributed by atoms with Crippen molar-refractivity contribution in [3.05, 3.63) is 25.0 Å². The standard InChI is InChI=1S/C12H15N7O/c1-18-6-9(5-17-18)20-4-2-3-19-8-16-10-11(13)14-7-15-12(10)19/h5-8H,2-4H2,1H3,(H2,13,14,15). The Balaban J connectivity index is 1.59. The third-order valence-electron chi connectivity index (χ3n) is 2.92. The number of nitrogen functional groups attached to an aromatic ring is 1. The van der Waals surface area contributed by atoms with E-state index in [4.69, 9.17) is 10.5 Å². The van der Waals surface area contributed by atoms with Gasteiger partial charge in [-0.3, -0.25) is 4.68 Å². The normalized spacial score (nSPS) is 11.1. The third kappa shape index (κ3) is 2.40. The van der Waals surface area contributed by atoms with Crippen LogP contribution in [0.2, 0.25) is 0 Å². The van der Waals surface area contributed by atoms with Gasteiger partial charge in [0.15, 0.2) is 17.2 Å². The first-order valence-electron chi connectivity index (χ1n) is 6.27. The summed E-state index contributed by atoms with van der Waals surface area (Å²) >= 11 is 0. The molecule has 0 unspecified atom stereocenters. The van der Waals surface area contributed by atoms with Crippen LogP contribution in [0, 0.1) is 0 Å². The molecular formula is C12H15N7O. The Morgan fingerprint density at radius 3 is 3.00 bits per heavy atom. The number of aryl methyl sites for hydroxylation is 2. The second-order valence-corrected chi connectivity index (χ2v) is 4.42. The summed E-state index contributed by atoms with van der Waals surface area (Å²) in [5.41, 5.74) is 7.13. The van der Waals surface area contributed by atoms with Crippen LogP contribution in [0.1, 0.15) is 6.42 Å². The smallest absolute Gasteiger partial charge is 0.165 e. The van der Waals surface area contributed by atoms with Crippen molar-refractivity contribution in [2.45, 2.75) is 13.0 Å². The second-order valence-electron chi connectivity index (χ2n) is 4.42. The molecule has 0 radical (unpaired) electrons. The molecule has 3 aromatic heterocycles. The molecule has 104 valence electrons. The molecule has 0 aliphatic heterocycles. The third-order valence-corrected chi connectivity index (χ3v) is 2.92. The van der Waals surface area contributed by atoms with Gasteiger partial charge in [-0.2, -0.15) is 5.10 Å². The van der Waals surface area contributed by atoms with E-state index in [2.05, 4.69) is 20.1 Å². The van der Waals surface area contributed by atoms with E-state index in [1.54, 1.807) is 17.2 Å². The van der Waals surface area contributed by atoms with Gasteiger partial charge in [-0.15, -0.1) is 0 Å². The van der Waals surface area contributed by atoms with Gasteiger partial charge in [-0.05, 0) is 6.42 Å². The van der Waals surface area contributed by atoms with Crippen LogP contribution in [-0.4, -0.2) is 35.9 Å². The molecule has 0 spiro atoms. The Morgan fingerprint density at radius 1 is 1.30 bits per heavy atom. The van der Waals surface area contributed by atoms with Crippen molar-refractivity contribution in [2.24, 2.45) is 7.05 Å². The van der Waals surface area contributed by atoms with E-state index in [0.717, 1.165) is 24.4 Å². The van der Waals surface area contributed by atoms with Crippen LogP contribution in [0.3, 0.4) is 0 Å². The fourth-order valence-electron chi connectivity index (χ4n) is 1.96. The monoisotopic (exact) mass is 273 g/mol. The lowest BCUT2D eigenvalue weighted by Gasteiger charge is -2.05. The molecule has 8 heteroatoms. The van der Waals surface area contributed by atoms with Gasteiger partial charge in [-0.1, -0.05) is 0 Å². The predicted molar refractivity (Wildman–Crippen MR) is 73.1 cm³/mol. The SMILES string of the molecule is Cn1cc(OCCCn2cnc3c(N)ncnc32)cn1. The first-order chi connectivity index (χ1) is 9.74. The van der Waals surface area contributed by atoms with E-state index >= 15 is 0 Å². The molecule has 0 aliphatic carbocycles. The van der Waals surface area contributed by atoms with Gasteiger partial charge in [0.25, 0.3) is 0 Å². The zero-order valence-corrected chi connectivity index (χ0v) is 11.1. The minimum atomic E-state index is 0.403. The molecule has 0 aromatic carbocycles. The van der Waals surface area contributed by atoms with Gasteiger partial charge < -0.3 is 15.0 Å². The zero-order chi connectivity index (χ0) is 13.9. The molecule has 20 heavy (non-hydrogen) atoms. The molecule has 0 saturated heterocycles. The molecule has 0 aliphatic rings. The van der Waals surface area contributed by atoms with Gasteiger partial charge in [0.05, 0.1) is 25.3 Å². The molecule has 0 bridgehead atoms. The van der Waals surface area contributed by atoms with E-state index in [1.807, 2.05) is 17.8 Å². The van der Waals surface area contributed by atoms with Gasteiger partial charge >= 0.3 is 0 Å². The maximum absolute atomic E-state index is 5.74. The molecular weight excluding hydrogens is 258 g/mol. The molecule has 0 atom stereocenters. The average molecular weight is 273 g/mol. The number of aromatic nitrogens is 6. The van der Waals surface area contributed by atoms with Crippen molar-refractivity contribution < 1.29 is 4.74 Å². The Morgan fingerprint density at radius 2 is 2.20 bits per heavy atom. The van der Waals surface area contributed by atoms with Gasteiger partial charge in [-0.25, -0.2) is 15.0 Å². The summed E-state index contributed by atoms with van der Waals surface area (Å²) in [5.74, 6) is 1.18. The lowest BCUT2D eigenvalue weighted by molar-refractivity contribution is 0.302. The number of hydrogen-bond donors (Lipinski definition) is 1. The Bertz CT molecular complexity index is 717. The Kier molecular flexibility index (Phi) is 3.20.